The van der Waals surface area contributed by atoms with E-state index in [1.54, 1.807) is 13.3 Å². The Bertz CT molecular complexity index is 404. The second kappa shape index (κ2) is 5.87. The zero-order chi connectivity index (χ0) is 12.1. The van der Waals surface area contributed by atoms with E-state index in [1.807, 2.05) is 0 Å². The molecule has 1 heterocycles. The summed E-state index contributed by atoms with van der Waals surface area (Å²) in [5.74, 6) is 1.02. The summed E-state index contributed by atoms with van der Waals surface area (Å²) >= 11 is 0. The number of hydrogen-bond acceptors (Lipinski definition) is 4. The molecule has 0 N–H and O–H groups in total. The quantitative estimate of drug-likeness (QED) is 0.590. The lowest BCUT2D eigenvalue weighted by atomic mass is 10.1. The van der Waals surface area contributed by atoms with Gasteiger partial charge in [-0.2, -0.15) is 0 Å². The summed E-state index contributed by atoms with van der Waals surface area (Å²) in [6, 6.07) is 0. The summed E-state index contributed by atoms with van der Waals surface area (Å²) in [7, 11) is 1.69. The molecule has 1 aliphatic rings. The molecule has 0 saturated heterocycles. The van der Waals surface area contributed by atoms with Crippen molar-refractivity contribution >= 4 is 5.78 Å². The van der Waals surface area contributed by atoms with Gasteiger partial charge in [-0.1, -0.05) is 0 Å². The van der Waals surface area contributed by atoms with Crippen molar-refractivity contribution in [3.63, 3.8) is 0 Å². The normalized spacial score (nSPS) is 15.5. The van der Waals surface area contributed by atoms with E-state index in [0.717, 1.165) is 55.8 Å². The van der Waals surface area contributed by atoms with Gasteiger partial charge in [0.1, 0.15) is 5.82 Å². The highest BCUT2D eigenvalue weighted by molar-refractivity contribution is 5.97. The summed E-state index contributed by atoms with van der Waals surface area (Å²) in [5.41, 5.74) is 1.67. The van der Waals surface area contributed by atoms with Crippen LogP contribution in [-0.2, 0) is 17.6 Å². The topological polar surface area (TPSA) is 52.1 Å². The molecule has 0 radical (unpaired) electrons. The van der Waals surface area contributed by atoms with Gasteiger partial charge < -0.3 is 4.74 Å². The number of hydrogen-bond donors (Lipinski definition) is 0. The molecule has 1 aromatic rings. The first-order valence-corrected chi connectivity index (χ1v) is 6.18. The average molecular weight is 234 g/mol. The van der Waals surface area contributed by atoms with Crippen molar-refractivity contribution in [2.75, 3.05) is 13.7 Å². The fourth-order valence-corrected chi connectivity index (χ4v) is 2.09. The first-order valence-electron chi connectivity index (χ1n) is 6.18. The van der Waals surface area contributed by atoms with Crippen LogP contribution in [0.5, 0.6) is 0 Å². The van der Waals surface area contributed by atoms with Crippen LogP contribution in [0.25, 0.3) is 0 Å². The molecule has 0 amide bonds. The number of nitrogens with zero attached hydrogens (tertiary/aromatic N) is 2. The van der Waals surface area contributed by atoms with E-state index in [-0.39, 0.29) is 5.78 Å². The molecule has 0 saturated carbocycles. The van der Waals surface area contributed by atoms with E-state index in [2.05, 4.69) is 9.97 Å². The minimum absolute atomic E-state index is 0.195. The third-order valence-corrected chi connectivity index (χ3v) is 3.03. The van der Waals surface area contributed by atoms with Crippen LogP contribution in [0.1, 0.15) is 47.6 Å². The summed E-state index contributed by atoms with van der Waals surface area (Å²) in [6.45, 7) is 0.722. The van der Waals surface area contributed by atoms with Gasteiger partial charge >= 0.3 is 0 Å². The number of fused-ring (bicyclic) bond motifs is 1. The van der Waals surface area contributed by atoms with Gasteiger partial charge in [-0.05, 0) is 25.7 Å². The number of Topliss-reactive ketones (excluding diaryl/α,β-unsaturated/α-hetero) is 1. The van der Waals surface area contributed by atoms with Crippen LogP contribution in [0.15, 0.2) is 6.20 Å². The third-order valence-electron chi connectivity index (χ3n) is 3.03. The highest BCUT2D eigenvalue weighted by Crippen LogP contribution is 2.18. The molecule has 0 aromatic carbocycles. The largest absolute Gasteiger partial charge is 0.385 e. The fourth-order valence-electron chi connectivity index (χ4n) is 2.09. The number of ketones is 1. The molecule has 0 spiro atoms. The number of carbonyl (C=O) groups is 1. The Morgan fingerprint density at radius 3 is 3.00 bits per heavy atom. The minimum Gasteiger partial charge on any atom is -0.385 e. The van der Waals surface area contributed by atoms with Gasteiger partial charge in [0, 0.05) is 32.8 Å². The Labute approximate surface area is 101 Å². The molecule has 0 fully saturated rings. The molecule has 17 heavy (non-hydrogen) atoms. The lowest BCUT2D eigenvalue weighted by Gasteiger charge is -2.05. The maximum atomic E-state index is 11.8. The predicted molar refractivity (Wildman–Crippen MR) is 64.1 cm³/mol. The number of carbonyl (C=O) groups excluding carboxylic acids is 1. The molecule has 2 rings (SSSR count). The van der Waals surface area contributed by atoms with Gasteiger partial charge in [0.05, 0.1) is 11.3 Å². The Hall–Kier alpha value is -1.29. The van der Waals surface area contributed by atoms with Gasteiger partial charge in [0.15, 0.2) is 5.78 Å². The molecule has 0 unspecified atom stereocenters. The van der Waals surface area contributed by atoms with Crippen LogP contribution in [-0.4, -0.2) is 29.5 Å². The molecule has 0 bridgehead atoms. The van der Waals surface area contributed by atoms with Crippen molar-refractivity contribution in [1.82, 2.24) is 9.97 Å². The maximum Gasteiger partial charge on any atom is 0.166 e. The average Bonchev–Trinajstić information content (AvgIpc) is 2.52. The van der Waals surface area contributed by atoms with Crippen LogP contribution in [0, 0.1) is 0 Å². The van der Waals surface area contributed by atoms with Gasteiger partial charge in [0.25, 0.3) is 0 Å². The van der Waals surface area contributed by atoms with E-state index >= 15 is 0 Å². The molecular formula is C13H18N2O2. The van der Waals surface area contributed by atoms with Crippen LogP contribution in [0.4, 0.5) is 0 Å². The zero-order valence-corrected chi connectivity index (χ0v) is 10.2. The number of rotatable bonds is 4. The smallest absolute Gasteiger partial charge is 0.166 e. The van der Waals surface area contributed by atoms with Crippen molar-refractivity contribution in [3.05, 3.63) is 23.3 Å². The second-order valence-corrected chi connectivity index (χ2v) is 4.37. The fraction of sp³-hybridized carbons (Fsp3) is 0.615. The minimum atomic E-state index is 0.195. The molecule has 0 aliphatic heterocycles. The highest BCUT2D eigenvalue weighted by atomic mass is 16.5. The van der Waals surface area contributed by atoms with E-state index in [0.29, 0.717) is 6.42 Å². The lowest BCUT2D eigenvalue weighted by molar-refractivity contribution is 0.0981. The van der Waals surface area contributed by atoms with E-state index < -0.39 is 0 Å². The molecule has 0 atom stereocenters. The number of methoxy groups -OCH3 is 1. The number of aromatic nitrogens is 2. The van der Waals surface area contributed by atoms with Crippen molar-refractivity contribution < 1.29 is 9.53 Å². The SMILES string of the molecule is COCCCc1ncc2c(n1)CCCCC2=O. The summed E-state index contributed by atoms with van der Waals surface area (Å²) in [6.07, 6.45) is 7.00. The number of aryl methyl sites for hydroxylation is 2. The first-order chi connectivity index (χ1) is 8.31. The Kier molecular flexibility index (Phi) is 4.20. The van der Waals surface area contributed by atoms with Gasteiger partial charge in [-0.3, -0.25) is 4.79 Å². The second-order valence-electron chi connectivity index (χ2n) is 4.37. The van der Waals surface area contributed by atoms with Gasteiger partial charge in [0.2, 0.25) is 0 Å². The van der Waals surface area contributed by atoms with Crippen molar-refractivity contribution in [2.45, 2.75) is 38.5 Å². The maximum absolute atomic E-state index is 11.8. The summed E-state index contributed by atoms with van der Waals surface area (Å²) < 4.78 is 5.00. The van der Waals surface area contributed by atoms with Crippen molar-refractivity contribution in [3.8, 4) is 0 Å². The zero-order valence-electron chi connectivity index (χ0n) is 10.2. The summed E-state index contributed by atoms with van der Waals surface area (Å²) in [4.78, 5) is 20.6. The van der Waals surface area contributed by atoms with Gasteiger partial charge in [-0.25, -0.2) is 9.97 Å². The molecular weight excluding hydrogens is 216 g/mol. The standard InChI is InChI=1S/C13H18N2O2/c1-17-8-4-7-13-14-9-10-11(15-13)5-2-3-6-12(10)16/h9H,2-8H2,1H3. The van der Waals surface area contributed by atoms with Gasteiger partial charge in [-0.15, -0.1) is 0 Å². The predicted octanol–water partition coefficient (Wildman–Crippen LogP) is 1.96. The van der Waals surface area contributed by atoms with Crippen LogP contribution >= 0.6 is 0 Å². The molecule has 4 heteroatoms. The van der Waals surface area contributed by atoms with Crippen LogP contribution in [0.2, 0.25) is 0 Å². The lowest BCUT2D eigenvalue weighted by Crippen LogP contribution is -2.07. The molecule has 1 aromatic heterocycles. The Morgan fingerprint density at radius 2 is 2.18 bits per heavy atom. The Balaban J connectivity index is 2.12. The highest BCUT2D eigenvalue weighted by Gasteiger charge is 2.17. The van der Waals surface area contributed by atoms with E-state index in [9.17, 15) is 4.79 Å². The number of ether oxygens (including phenoxy) is 1. The van der Waals surface area contributed by atoms with E-state index in [4.69, 9.17) is 4.74 Å². The van der Waals surface area contributed by atoms with Crippen LogP contribution < -0.4 is 0 Å². The monoisotopic (exact) mass is 234 g/mol. The Morgan fingerprint density at radius 1 is 1.35 bits per heavy atom. The van der Waals surface area contributed by atoms with E-state index in [1.165, 1.54) is 0 Å². The molecule has 92 valence electrons. The van der Waals surface area contributed by atoms with Crippen LogP contribution in [0.3, 0.4) is 0 Å². The van der Waals surface area contributed by atoms with Crippen molar-refractivity contribution in [2.24, 2.45) is 0 Å². The van der Waals surface area contributed by atoms with Crippen molar-refractivity contribution in [1.29, 1.82) is 0 Å². The molecule has 1 aliphatic carbocycles. The first kappa shape index (κ1) is 12.2. The molecule has 4 nitrogen and oxygen atoms in total. The summed E-state index contributed by atoms with van der Waals surface area (Å²) in [5, 5.41) is 0. The third kappa shape index (κ3) is 3.09.